The van der Waals surface area contributed by atoms with E-state index in [9.17, 15) is 0 Å². The highest BCUT2D eigenvalue weighted by Gasteiger charge is 2.37. The Morgan fingerprint density at radius 1 is 1.15 bits per heavy atom. The van der Waals surface area contributed by atoms with Crippen molar-refractivity contribution in [3.8, 4) is 0 Å². The molecule has 0 radical (unpaired) electrons. The van der Waals surface area contributed by atoms with Crippen molar-refractivity contribution >= 4 is 0 Å². The molecule has 0 aliphatic carbocycles. The number of nitrogens with one attached hydrogen (secondary N) is 1. The van der Waals surface area contributed by atoms with Crippen molar-refractivity contribution in [2.75, 3.05) is 13.2 Å². The van der Waals surface area contributed by atoms with E-state index in [0.29, 0.717) is 0 Å². The number of ether oxygens (including phenoxy) is 1. The number of morpholine rings is 1. The van der Waals surface area contributed by atoms with Gasteiger partial charge >= 0.3 is 0 Å². The molecule has 2 heteroatoms. The van der Waals surface area contributed by atoms with E-state index < -0.39 is 0 Å². The van der Waals surface area contributed by atoms with E-state index in [1.807, 2.05) is 0 Å². The summed E-state index contributed by atoms with van der Waals surface area (Å²) in [5.41, 5.74) is 0.308. The van der Waals surface area contributed by atoms with E-state index in [2.05, 4.69) is 33.0 Å². The highest BCUT2D eigenvalue weighted by atomic mass is 16.5. The molecule has 0 aromatic heterocycles. The Hall–Kier alpha value is -0.0800. The SMILES string of the molecule is CCC1(C)COC(CC)(CC)CN1. The second-order valence-electron chi connectivity index (χ2n) is 4.45. The van der Waals surface area contributed by atoms with Crippen molar-refractivity contribution in [2.45, 2.75) is 58.1 Å². The van der Waals surface area contributed by atoms with Gasteiger partial charge in [0.2, 0.25) is 0 Å². The molecule has 1 N–H and O–H groups in total. The Kier molecular flexibility index (Phi) is 3.36. The van der Waals surface area contributed by atoms with Gasteiger partial charge in [0.15, 0.2) is 0 Å². The van der Waals surface area contributed by atoms with Gasteiger partial charge in [0.1, 0.15) is 0 Å². The average Bonchev–Trinajstić information content (AvgIpc) is 2.20. The molecular formula is C11H23NO. The lowest BCUT2D eigenvalue weighted by Crippen LogP contribution is -2.60. The Labute approximate surface area is 82.0 Å². The Balaban J connectivity index is 2.54. The maximum Gasteiger partial charge on any atom is 0.0802 e. The van der Waals surface area contributed by atoms with Crippen LogP contribution in [-0.2, 0) is 4.74 Å². The van der Waals surface area contributed by atoms with Crippen LogP contribution in [-0.4, -0.2) is 24.3 Å². The molecule has 1 fully saturated rings. The van der Waals surface area contributed by atoms with Crippen LogP contribution in [0.15, 0.2) is 0 Å². The van der Waals surface area contributed by atoms with Gasteiger partial charge in [-0.1, -0.05) is 20.8 Å². The maximum absolute atomic E-state index is 6.01. The van der Waals surface area contributed by atoms with Crippen molar-refractivity contribution in [1.82, 2.24) is 5.32 Å². The standard InChI is InChI=1S/C11H23NO/c1-5-10(4)9-13-11(6-2,7-3)8-12-10/h12H,5-9H2,1-4H3. The van der Waals surface area contributed by atoms with Crippen molar-refractivity contribution in [2.24, 2.45) is 0 Å². The highest BCUT2D eigenvalue weighted by Crippen LogP contribution is 2.27. The van der Waals surface area contributed by atoms with Crippen LogP contribution in [0.2, 0.25) is 0 Å². The third-order valence-corrected chi connectivity index (χ3v) is 3.60. The average molecular weight is 185 g/mol. The van der Waals surface area contributed by atoms with Gasteiger partial charge in [-0.3, -0.25) is 0 Å². The first-order chi connectivity index (χ1) is 6.10. The fourth-order valence-electron chi connectivity index (χ4n) is 1.72. The summed E-state index contributed by atoms with van der Waals surface area (Å²) in [4.78, 5) is 0. The van der Waals surface area contributed by atoms with Gasteiger partial charge in [-0.25, -0.2) is 0 Å². The third-order valence-electron chi connectivity index (χ3n) is 3.60. The van der Waals surface area contributed by atoms with Gasteiger partial charge in [0.25, 0.3) is 0 Å². The normalized spacial score (nSPS) is 33.2. The summed E-state index contributed by atoms with van der Waals surface area (Å²) in [6, 6.07) is 0. The lowest BCUT2D eigenvalue weighted by atomic mass is 9.90. The second-order valence-corrected chi connectivity index (χ2v) is 4.45. The summed E-state index contributed by atoms with van der Waals surface area (Å²) >= 11 is 0. The summed E-state index contributed by atoms with van der Waals surface area (Å²) in [6.45, 7) is 10.7. The summed E-state index contributed by atoms with van der Waals surface area (Å²) in [5.74, 6) is 0. The lowest BCUT2D eigenvalue weighted by molar-refractivity contribution is -0.109. The fraction of sp³-hybridized carbons (Fsp3) is 1.00. The molecule has 0 amide bonds. The first-order valence-electron chi connectivity index (χ1n) is 5.49. The predicted molar refractivity (Wildman–Crippen MR) is 56.0 cm³/mol. The smallest absolute Gasteiger partial charge is 0.0802 e. The molecule has 1 aliphatic heterocycles. The van der Waals surface area contributed by atoms with Crippen LogP contribution in [0.4, 0.5) is 0 Å². The minimum atomic E-state index is 0.106. The monoisotopic (exact) mass is 185 g/mol. The van der Waals surface area contributed by atoms with Crippen LogP contribution in [0.3, 0.4) is 0 Å². The van der Waals surface area contributed by atoms with Crippen LogP contribution in [0.5, 0.6) is 0 Å². The minimum absolute atomic E-state index is 0.106. The van der Waals surface area contributed by atoms with E-state index >= 15 is 0 Å². The molecule has 1 heterocycles. The zero-order valence-electron chi connectivity index (χ0n) is 9.44. The van der Waals surface area contributed by atoms with E-state index in [1.165, 1.54) is 0 Å². The topological polar surface area (TPSA) is 21.3 Å². The summed E-state index contributed by atoms with van der Waals surface area (Å²) in [7, 11) is 0. The molecule has 1 rings (SSSR count). The molecule has 1 atom stereocenters. The molecule has 2 nitrogen and oxygen atoms in total. The van der Waals surface area contributed by atoms with Crippen molar-refractivity contribution < 1.29 is 4.74 Å². The van der Waals surface area contributed by atoms with Crippen LogP contribution >= 0.6 is 0 Å². The number of hydrogen-bond donors (Lipinski definition) is 1. The quantitative estimate of drug-likeness (QED) is 0.728. The first kappa shape index (κ1) is 11.0. The Morgan fingerprint density at radius 2 is 1.77 bits per heavy atom. The van der Waals surface area contributed by atoms with Crippen LogP contribution < -0.4 is 5.32 Å². The van der Waals surface area contributed by atoms with E-state index in [1.54, 1.807) is 0 Å². The van der Waals surface area contributed by atoms with Crippen molar-refractivity contribution in [3.63, 3.8) is 0 Å². The second kappa shape index (κ2) is 3.97. The third kappa shape index (κ3) is 2.23. The van der Waals surface area contributed by atoms with E-state index in [4.69, 9.17) is 4.74 Å². The van der Waals surface area contributed by atoms with Gasteiger partial charge in [0, 0.05) is 12.1 Å². The van der Waals surface area contributed by atoms with Crippen molar-refractivity contribution in [3.05, 3.63) is 0 Å². The van der Waals surface area contributed by atoms with Gasteiger partial charge in [-0.2, -0.15) is 0 Å². The molecule has 0 bridgehead atoms. The molecule has 0 aromatic rings. The number of hydrogen-bond acceptors (Lipinski definition) is 2. The highest BCUT2D eigenvalue weighted by molar-refractivity contribution is 4.93. The molecule has 78 valence electrons. The van der Waals surface area contributed by atoms with Gasteiger partial charge < -0.3 is 10.1 Å². The molecule has 1 aliphatic rings. The Morgan fingerprint density at radius 3 is 2.08 bits per heavy atom. The van der Waals surface area contributed by atoms with Crippen molar-refractivity contribution in [1.29, 1.82) is 0 Å². The summed E-state index contributed by atoms with van der Waals surface area (Å²) in [6.07, 6.45) is 3.35. The van der Waals surface area contributed by atoms with Gasteiger partial charge in [-0.05, 0) is 26.2 Å². The van der Waals surface area contributed by atoms with Crippen LogP contribution in [0, 0.1) is 0 Å². The molecule has 0 spiro atoms. The lowest BCUT2D eigenvalue weighted by Gasteiger charge is -2.45. The largest absolute Gasteiger partial charge is 0.372 e. The first-order valence-corrected chi connectivity index (χ1v) is 5.49. The van der Waals surface area contributed by atoms with Gasteiger partial charge in [0.05, 0.1) is 12.2 Å². The molecule has 1 unspecified atom stereocenters. The fourth-order valence-corrected chi connectivity index (χ4v) is 1.72. The van der Waals surface area contributed by atoms with Crippen LogP contribution in [0.25, 0.3) is 0 Å². The van der Waals surface area contributed by atoms with Gasteiger partial charge in [-0.15, -0.1) is 0 Å². The minimum Gasteiger partial charge on any atom is -0.372 e. The van der Waals surface area contributed by atoms with E-state index in [-0.39, 0.29) is 11.1 Å². The molecular weight excluding hydrogens is 162 g/mol. The van der Waals surface area contributed by atoms with E-state index in [0.717, 1.165) is 32.4 Å². The number of rotatable bonds is 3. The maximum atomic E-state index is 6.01. The predicted octanol–water partition coefficient (Wildman–Crippen LogP) is 2.33. The molecule has 0 saturated carbocycles. The zero-order valence-corrected chi connectivity index (χ0v) is 9.44. The summed E-state index contributed by atoms with van der Waals surface area (Å²) in [5, 5.41) is 3.61. The summed E-state index contributed by atoms with van der Waals surface area (Å²) < 4.78 is 6.01. The zero-order chi connectivity index (χ0) is 9.95. The molecule has 0 aromatic carbocycles. The molecule has 13 heavy (non-hydrogen) atoms. The molecule has 1 saturated heterocycles. The van der Waals surface area contributed by atoms with Crippen LogP contribution in [0.1, 0.15) is 47.0 Å². The Bertz CT molecular complexity index is 153.